The molecule has 9 heteroatoms. The highest BCUT2D eigenvalue weighted by Gasteiger charge is 2.34. The number of ether oxygens (including phenoxy) is 1. The Kier molecular flexibility index (Phi) is 5.54. The van der Waals surface area contributed by atoms with E-state index in [9.17, 15) is 13.2 Å². The van der Waals surface area contributed by atoms with Crippen LogP contribution in [0, 0.1) is 0 Å². The number of sulfonamides is 1. The largest absolute Gasteiger partial charge is 0.383 e. The van der Waals surface area contributed by atoms with Crippen LogP contribution in [0.1, 0.15) is 16.9 Å². The predicted octanol–water partition coefficient (Wildman–Crippen LogP) is 0.267. The molecule has 2 rings (SSSR count). The fourth-order valence-corrected chi connectivity index (χ4v) is 5.51. The molecule has 1 fully saturated rings. The quantitative estimate of drug-likeness (QED) is 0.764. The first-order chi connectivity index (χ1) is 10.4. The van der Waals surface area contributed by atoms with Gasteiger partial charge in [0, 0.05) is 38.7 Å². The van der Waals surface area contributed by atoms with Gasteiger partial charge in [0.05, 0.1) is 6.61 Å². The third-order valence-electron chi connectivity index (χ3n) is 3.67. The minimum atomic E-state index is -3.68. The van der Waals surface area contributed by atoms with E-state index < -0.39 is 15.9 Å². The number of methoxy groups -OCH3 is 1. The van der Waals surface area contributed by atoms with Gasteiger partial charge in [-0.2, -0.15) is 16.1 Å². The van der Waals surface area contributed by atoms with Crippen molar-refractivity contribution in [3.63, 3.8) is 0 Å². The van der Waals surface area contributed by atoms with Crippen LogP contribution in [0.3, 0.4) is 0 Å². The summed E-state index contributed by atoms with van der Waals surface area (Å²) < 4.78 is 33.8. The van der Waals surface area contributed by atoms with Crippen LogP contribution in [0.5, 0.6) is 0 Å². The van der Waals surface area contributed by atoms with Gasteiger partial charge in [0.2, 0.25) is 10.0 Å². The number of aromatic nitrogens is 1. The SMILES string of the molecule is COCCN([C@H]1CCSC1)S(=O)(=O)c1cc(C(N)=O)n(C)c1. The third kappa shape index (κ3) is 3.48. The summed E-state index contributed by atoms with van der Waals surface area (Å²) in [5, 5.41) is 0. The molecule has 1 saturated heterocycles. The maximum atomic E-state index is 12.9. The van der Waals surface area contributed by atoms with Gasteiger partial charge in [0.15, 0.2) is 0 Å². The van der Waals surface area contributed by atoms with Crippen LogP contribution < -0.4 is 5.73 Å². The molecule has 0 bridgehead atoms. The molecule has 124 valence electrons. The van der Waals surface area contributed by atoms with Gasteiger partial charge >= 0.3 is 0 Å². The van der Waals surface area contributed by atoms with E-state index in [1.807, 2.05) is 0 Å². The smallest absolute Gasteiger partial charge is 0.265 e. The summed E-state index contributed by atoms with van der Waals surface area (Å²) in [4.78, 5) is 11.4. The van der Waals surface area contributed by atoms with Gasteiger partial charge < -0.3 is 15.0 Å². The molecule has 1 amide bonds. The second kappa shape index (κ2) is 7.03. The van der Waals surface area contributed by atoms with Crippen LogP contribution in [-0.2, 0) is 21.8 Å². The lowest BCUT2D eigenvalue weighted by molar-refractivity contribution is 0.0992. The number of rotatable bonds is 7. The zero-order valence-electron chi connectivity index (χ0n) is 12.7. The van der Waals surface area contributed by atoms with Crippen molar-refractivity contribution in [1.82, 2.24) is 8.87 Å². The molecule has 0 unspecified atom stereocenters. The average molecular weight is 347 g/mol. The van der Waals surface area contributed by atoms with Crippen LogP contribution in [0.4, 0.5) is 0 Å². The van der Waals surface area contributed by atoms with Gasteiger partial charge in [-0.1, -0.05) is 0 Å². The van der Waals surface area contributed by atoms with Gasteiger partial charge in [0.1, 0.15) is 10.6 Å². The molecule has 2 heterocycles. The van der Waals surface area contributed by atoms with Crippen molar-refractivity contribution in [2.45, 2.75) is 17.4 Å². The van der Waals surface area contributed by atoms with E-state index in [0.717, 1.165) is 17.9 Å². The van der Waals surface area contributed by atoms with Gasteiger partial charge in [0.25, 0.3) is 5.91 Å². The highest BCUT2D eigenvalue weighted by atomic mass is 32.2. The number of hydrogen-bond donors (Lipinski definition) is 1. The number of primary amides is 1. The van der Waals surface area contributed by atoms with Crippen LogP contribution >= 0.6 is 11.8 Å². The number of nitrogens with two attached hydrogens (primary N) is 1. The molecule has 0 aliphatic carbocycles. The minimum Gasteiger partial charge on any atom is -0.383 e. The third-order valence-corrected chi connectivity index (χ3v) is 6.73. The molecule has 7 nitrogen and oxygen atoms in total. The monoisotopic (exact) mass is 347 g/mol. The Labute approximate surface area is 134 Å². The first-order valence-corrected chi connectivity index (χ1v) is 9.52. The highest BCUT2D eigenvalue weighted by Crippen LogP contribution is 2.28. The number of aryl methyl sites for hydroxylation is 1. The average Bonchev–Trinajstić information content (AvgIpc) is 3.08. The van der Waals surface area contributed by atoms with E-state index in [4.69, 9.17) is 10.5 Å². The molecular weight excluding hydrogens is 326 g/mol. The first kappa shape index (κ1) is 17.3. The van der Waals surface area contributed by atoms with Crippen LogP contribution in [-0.4, -0.2) is 61.0 Å². The van der Waals surface area contributed by atoms with E-state index >= 15 is 0 Å². The lowest BCUT2D eigenvalue weighted by Crippen LogP contribution is -2.42. The number of thioether (sulfide) groups is 1. The second-order valence-corrected chi connectivity index (χ2v) is 8.20. The van der Waals surface area contributed by atoms with Gasteiger partial charge in [-0.3, -0.25) is 4.79 Å². The molecule has 1 aliphatic heterocycles. The maximum absolute atomic E-state index is 12.9. The summed E-state index contributed by atoms with van der Waals surface area (Å²) in [5.41, 5.74) is 5.43. The van der Waals surface area contributed by atoms with Crippen molar-refractivity contribution in [3.05, 3.63) is 18.0 Å². The van der Waals surface area contributed by atoms with Crippen molar-refractivity contribution < 1.29 is 17.9 Å². The molecule has 22 heavy (non-hydrogen) atoms. The molecule has 1 aromatic rings. The zero-order valence-corrected chi connectivity index (χ0v) is 14.3. The van der Waals surface area contributed by atoms with Crippen molar-refractivity contribution in [1.29, 1.82) is 0 Å². The van der Waals surface area contributed by atoms with Crippen LogP contribution in [0.25, 0.3) is 0 Å². The molecule has 0 radical (unpaired) electrons. The number of nitrogens with zero attached hydrogens (tertiary/aromatic N) is 2. The fraction of sp³-hybridized carbons (Fsp3) is 0.615. The van der Waals surface area contributed by atoms with Crippen LogP contribution in [0.15, 0.2) is 17.2 Å². The summed E-state index contributed by atoms with van der Waals surface area (Å²) in [6, 6.07) is 1.29. The molecule has 1 aromatic heterocycles. The Morgan fingerprint density at radius 2 is 2.32 bits per heavy atom. The minimum absolute atomic E-state index is 0.0395. The molecule has 0 spiro atoms. The van der Waals surface area contributed by atoms with Crippen molar-refractivity contribution in [2.24, 2.45) is 12.8 Å². The van der Waals surface area contributed by atoms with Crippen molar-refractivity contribution in [2.75, 3.05) is 31.8 Å². The number of hydrogen-bond acceptors (Lipinski definition) is 5. The standard InChI is InChI=1S/C13H21N3O4S2/c1-15-8-11(7-12(15)13(14)17)22(18,19)16(4-5-20-2)10-3-6-21-9-10/h7-8,10H,3-6,9H2,1-2H3,(H2,14,17)/t10-/m0/s1. The van der Waals surface area contributed by atoms with E-state index in [1.54, 1.807) is 25.9 Å². The van der Waals surface area contributed by atoms with Gasteiger partial charge in [-0.05, 0) is 18.2 Å². The molecular formula is C13H21N3O4S2. The lowest BCUT2D eigenvalue weighted by atomic mass is 10.3. The van der Waals surface area contributed by atoms with Crippen molar-refractivity contribution >= 4 is 27.7 Å². The number of carbonyl (C=O) groups excluding carboxylic acids is 1. The number of amides is 1. The first-order valence-electron chi connectivity index (χ1n) is 6.92. The predicted molar refractivity (Wildman–Crippen MR) is 85.4 cm³/mol. The second-order valence-electron chi connectivity index (χ2n) is 5.16. The normalized spacial score (nSPS) is 19.0. The number of carbonyl (C=O) groups is 1. The topological polar surface area (TPSA) is 94.6 Å². The molecule has 1 atom stereocenters. The molecule has 2 N–H and O–H groups in total. The van der Waals surface area contributed by atoms with E-state index in [1.165, 1.54) is 21.1 Å². The zero-order chi connectivity index (χ0) is 16.3. The molecule has 0 aromatic carbocycles. The molecule has 1 aliphatic rings. The molecule has 0 saturated carbocycles. The summed E-state index contributed by atoms with van der Waals surface area (Å²) >= 11 is 1.74. The Morgan fingerprint density at radius 1 is 1.59 bits per heavy atom. The Bertz CT molecular complexity index is 636. The summed E-state index contributed by atoms with van der Waals surface area (Å²) in [6.07, 6.45) is 2.25. The summed E-state index contributed by atoms with van der Waals surface area (Å²) in [7, 11) is -0.536. The summed E-state index contributed by atoms with van der Waals surface area (Å²) in [5.74, 6) is 1.08. The Morgan fingerprint density at radius 3 is 2.82 bits per heavy atom. The van der Waals surface area contributed by atoms with Crippen molar-refractivity contribution in [3.8, 4) is 0 Å². The maximum Gasteiger partial charge on any atom is 0.265 e. The lowest BCUT2D eigenvalue weighted by Gasteiger charge is -2.26. The summed E-state index contributed by atoms with van der Waals surface area (Å²) in [6.45, 7) is 0.626. The van der Waals surface area contributed by atoms with Crippen LogP contribution in [0.2, 0.25) is 0 Å². The fourth-order valence-electron chi connectivity index (χ4n) is 2.49. The van der Waals surface area contributed by atoms with Gasteiger partial charge in [-0.25, -0.2) is 8.42 Å². The Balaban J connectivity index is 2.35. The van der Waals surface area contributed by atoms with Gasteiger partial charge in [-0.15, -0.1) is 0 Å². The van der Waals surface area contributed by atoms with E-state index in [-0.39, 0.29) is 16.6 Å². The highest BCUT2D eigenvalue weighted by molar-refractivity contribution is 7.99. The van der Waals surface area contributed by atoms with E-state index in [2.05, 4.69) is 0 Å². The Hall–Kier alpha value is -1.03. The van der Waals surface area contributed by atoms with E-state index in [0.29, 0.717) is 13.2 Å².